The Balaban J connectivity index is 1.78. The van der Waals surface area contributed by atoms with E-state index in [2.05, 4.69) is 5.32 Å². The van der Waals surface area contributed by atoms with Gasteiger partial charge in [0.25, 0.3) is 0 Å². The molecule has 0 aliphatic heterocycles. The summed E-state index contributed by atoms with van der Waals surface area (Å²) in [6, 6.07) is 7.71. The molecule has 0 unspecified atom stereocenters. The molecule has 0 atom stereocenters. The molecule has 1 fully saturated rings. The highest BCUT2D eigenvalue weighted by Gasteiger charge is 2.36. The first kappa shape index (κ1) is 14.0. The first-order valence-electron chi connectivity index (χ1n) is 6.69. The summed E-state index contributed by atoms with van der Waals surface area (Å²) in [5, 5.41) is 12.1. The highest BCUT2D eigenvalue weighted by Crippen LogP contribution is 2.34. The Morgan fingerprint density at radius 3 is 2.42 bits per heavy atom. The topological polar surface area (TPSA) is 58.6 Å². The highest BCUT2D eigenvalue weighted by atomic mass is 16.5. The van der Waals surface area contributed by atoms with Crippen molar-refractivity contribution >= 4 is 5.97 Å². The van der Waals surface area contributed by atoms with Crippen molar-refractivity contribution in [1.29, 1.82) is 0 Å². The molecule has 0 spiro atoms. The smallest absolute Gasteiger partial charge is 0.307 e. The molecule has 1 saturated carbocycles. The number of carboxylic acid groups (broad SMARTS) is 1. The minimum Gasteiger partial charge on any atom is -0.481 e. The number of hydrogen-bond acceptors (Lipinski definition) is 3. The number of benzene rings is 1. The van der Waals surface area contributed by atoms with Crippen molar-refractivity contribution in [3.8, 4) is 0 Å². The van der Waals surface area contributed by atoms with Crippen molar-refractivity contribution in [3.05, 3.63) is 35.4 Å². The molecule has 4 heteroatoms. The molecule has 0 bridgehead atoms. The molecule has 0 heterocycles. The van der Waals surface area contributed by atoms with Crippen molar-refractivity contribution in [2.75, 3.05) is 13.7 Å². The molecular formula is C15H21NO3. The van der Waals surface area contributed by atoms with E-state index in [4.69, 9.17) is 9.84 Å². The van der Waals surface area contributed by atoms with E-state index in [9.17, 15) is 4.79 Å². The second kappa shape index (κ2) is 6.17. The van der Waals surface area contributed by atoms with Crippen LogP contribution in [0.1, 0.15) is 30.4 Å². The van der Waals surface area contributed by atoms with E-state index in [1.54, 1.807) is 7.11 Å². The van der Waals surface area contributed by atoms with Gasteiger partial charge < -0.3 is 15.2 Å². The lowest BCUT2D eigenvalue weighted by atomic mass is 9.80. The van der Waals surface area contributed by atoms with E-state index < -0.39 is 5.97 Å². The zero-order valence-corrected chi connectivity index (χ0v) is 11.3. The molecule has 104 valence electrons. The van der Waals surface area contributed by atoms with Gasteiger partial charge in [-0.2, -0.15) is 0 Å². The van der Waals surface area contributed by atoms with Crippen molar-refractivity contribution in [3.63, 3.8) is 0 Å². The van der Waals surface area contributed by atoms with Crippen molar-refractivity contribution in [2.45, 2.75) is 37.8 Å². The summed E-state index contributed by atoms with van der Waals surface area (Å²) in [7, 11) is 1.78. The van der Waals surface area contributed by atoms with E-state index in [1.165, 1.54) is 12.0 Å². The summed E-state index contributed by atoms with van der Waals surface area (Å²) in [6.45, 7) is 1.67. The average Bonchev–Trinajstić information content (AvgIpc) is 2.34. The fourth-order valence-corrected chi connectivity index (χ4v) is 2.41. The van der Waals surface area contributed by atoms with Crippen LogP contribution in [0.2, 0.25) is 0 Å². The summed E-state index contributed by atoms with van der Waals surface area (Å²) in [5.74, 6) is -0.794. The van der Waals surface area contributed by atoms with Crippen molar-refractivity contribution < 1.29 is 14.6 Å². The zero-order chi connectivity index (χ0) is 13.7. The normalized spacial score (nSPS) is 16.9. The lowest BCUT2D eigenvalue weighted by Gasteiger charge is -2.40. The van der Waals surface area contributed by atoms with Crippen LogP contribution in [0.5, 0.6) is 0 Å². The molecule has 1 aromatic rings. The van der Waals surface area contributed by atoms with E-state index in [0.29, 0.717) is 0 Å². The number of ether oxygens (including phenoxy) is 1. The van der Waals surface area contributed by atoms with Gasteiger partial charge in [-0.25, -0.2) is 0 Å². The van der Waals surface area contributed by atoms with Gasteiger partial charge in [0.2, 0.25) is 0 Å². The van der Waals surface area contributed by atoms with E-state index in [1.807, 2.05) is 24.3 Å². The minimum absolute atomic E-state index is 0.0449. The van der Waals surface area contributed by atoms with Crippen molar-refractivity contribution in [2.24, 2.45) is 0 Å². The fraction of sp³-hybridized carbons (Fsp3) is 0.533. The molecule has 0 saturated heterocycles. The molecule has 1 aromatic carbocycles. The number of rotatable bonds is 7. The number of hydrogen-bond donors (Lipinski definition) is 2. The van der Waals surface area contributed by atoms with Gasteiger partial charge in [-0.05, 0) is 30.4 Å². The number of carbonyl (C=O) groups is 1. The number of methoxy groups -OCH3 is 1. The predicted molar refractivity (Wildman–Crippen MR) is 73.1 cm³/mol. The number of carboxylic acids is 1. The Hall–Kier alpha value is -1.39. The van der Waals surface area contributed by atoms with Gasteiger partial charge in [0, 0.05) is 20.2 Å². The van der Waals surface area contributed by atoms with Gasteiger partial charge in [-0.15, -0.1) is 0 Å². The van der Waals surface area contributed by atoms with Gasteiger partial charge in [-0.3, -0.25) is 4.79 Å². The van der Waals surface area contributed by atoms with Crippen LogP contribution < -0.4 is 5.32 Å². The molecule has 4 nitrogen and oxygen atoms in total. The van der Waals surface area contributed by atoms with Crippen LogP contribution in [0.3, 0.4) is 0 Å². The first-order valence-corrected chi connectivity index (χ1v) is 6.69. The lowest BCUT2D eigenvalue weighted by molar-refractivity contribution is -0.136. The van der Waals surface area contributed by atoms with Gasteiger partial charge in [0.1, 0.15) is 0 Å². The van der Waals surface area contributed by atoms with Crippen LogP contribution >= 0.6 is 0 Å². The Morgan fingerprint density at radius 1 is 1.32 bits per heavy atom. The maximum atomic E-state index is 10.6. The van der Waals surface area contributed by atoms with E-state index >= 15 is 0 Å². The maximum absolute atomic E-state index is 10.6. The van der Waals surface area contributed by atoms with Crippen LogP contribution in [0.4, 0.5) is 0 Å². The van der Waals surface area contributed by atoms with Gasteiger partial charge >= 0.3 is 5.97 Å². The number of nitrogens with one attached hydrogen (secondary N) is 1. The molecule has 0 radical (unpaired) electrons. The van der Waals surface area contributed by atoms with Crippen molar-refractivity contribution in [1.82, 2.24) is 5.32 Å². The molecule has 0 aromatic heterocycles. The van der Waals surface area contributed by atoms with E-state index in [0.717, 1.165) is 31.5 Å². The summed E-state index contributed by atoms with van der Waals surface area (Å²) in [4.78, 5) is 10.6. The molecule has 0 amide bonds. The number of aliphatic carboxylic acids is 1. The van der Waals surface area contributed by atoms with Crippen LogP contribution in [-0.4, -0.2) is 30.3 Å². The largest absolute Gasteiger partial charge is 0.481 e. The molecule has 1 aliphatic carbocycles. The summed E-state index contributed by atoms with van der Waals surface area (Å²) in [5.41, 5.74) is 2.05. The quantitative estimate of drug-likeness (QED) is 0.789. The van der Waals surface area contributed by atoms with Gasteiger partial charge in [-0.1, -0.05) is 24.3 Å². The molecule has 1 aliphatic rings. The second-order valence-electron chi connectivity index (χ2n) is 5.23. The third kappa shape index (κ3) is 3.78. The second-order valence-corrected chi connectivity index (χ2v) is 5.23. The minimum atomic E-state index is -0.794. The highest BCUT2D eigenvalue weighted by molar-refractivity contribution is 5.70. The molecule has 2 rings (SSSR count). The molecular weight excluding hydrogens is 242 g/mol. The standard InChI is InChI=1S/C15H21NO3/c1-19-15(7-2-8-15)11-16-10-13-5-3-12(4-6-13)9-14(17)18/h3-6,16H,2,7-11H2,1H3,(H,17,18). The average molecular weight is 263 g/mol. The predicted octanol–water partition coefficient (Wildman–Crippen LogP) is 1.97. The van der Waals surface area contributed by atoms with Crippen LogP contribution in [-0.2, 0) is 22.5 Å². The monoisotopic (exact) mass is 263 g/mol. The van der Waals surface area contributed by atoms with Crippen LogP contribution in [0, 0.1) is 0 Å². The summed E-state index contributed by atoms with van der Waals surface area (Å²) in [6.07, 6.45) is 3.60. The lowest BCUT2D eigenvalue weighted by Crippen LogP contribution is -2.47. The third-order valence-electron chi connectivity index (χ3n) is 3.85. The maximum Gasteiger partial charge on any atom is 0.307 e. The Labute approximate surface area is 113 Å². The third-order valence-corrected chi connectivity index (χ3v) is 3.85. The van der Waals surface area contributed by atoms with Gasteiger partial charge in [0.15, 0.2) is 0 Å². The molecule has 19 heavy (non-hydrogen) atoms. The SMILES string of the molecule is COC1(CNCc2ccc(CC(=O)O)cc2)CCC1. The van der Waals surface area contributed by atoms with Crippen LogP contribution in [0.15, 0.2) is 24.3 Å². The Morgan fingerprint density at radius 2 is 1.95 bits per heavy atom. The molecule has 2 N–H and O–H groups in total. The summed E-state index contributed by atoms with van der Waals surface area (Å²) < 4.78 is 5.55. The van der Waals surface area contributed by atoms with E-state index in [-0.39, 0.29) is 12.0 Å². The first-order chi connectivity index (χ1) is 9.13. The zero-order valence-electron chi connectivity index (χ0n) is 11.3. The van der Waals surface area contributed by atoms with Gasteiger partial charge in [0.05, 0.1) is 12.0 Å². The van der Waals surface area contributed by atoms with Crippen LogP contribution in [0.25, 0.3) is 0 Å². The Bertz CT molecular complexity index is 418. The fourth-order valence-electron chi connectivity index (χ4n) is 2.41. The summed E-state index contributed by atoms with van der Waals surface area (Å²) >= 11 is 0. The Kier molecular flexibility index (Phi) is 4.56.